The average molecular weight is 345 g/mol. The molecule has 1 amide bonds. The second-order valence-corrected chi connectivity index (χ2v) is 7.45. The van der Waals surface area contributed by atoms with Crippen LogP contribution in [0, 0.1) is 0 Å². The molecular weight excluding hydrogens is 323 g/mol. The summed E-state index contributed by atoms with van der Waals surface area (Å²) in [6.07, 6.45) is -2.24. The van der Waals surface area contributed by atoms with Crippen molar-refractivity contribution in [2.24, 2.45) is 0 Å². The van der Waals surface area contributed by atoms with E-state index in [-0.39, 0.29) is 25.2 Å². The predicted molar refractivity (Wildman–Crippen MR) is 80.6 cm³/mol. The number of nitrogens with zero attached hydrogens (tertiary/aromatic N) is 3. The molecule has 134 valence electrons. The van der Waals surface area contributed by atoms with E-state index in [4.69, 9.17) is 4.74 Å². The van der Waals surface area contributed by atoms with Gasteiger partial charge in [0.05, 0.1) is 18.8 Å². The molecule has 0 spiro atoms. The normalized spacial score (nSPS) is 23.2. The number of rotatable bonds is 0. The molecule has 24 heavy (non-hydrogen) atoms. The Hall–Kier alpha value is -1.73. The zero-order valence-electron chi connectivity index (χ0n) is 14.1. The van der Waals surface area contributed by atoms with Gasteiger partial charge in [0.1, 0.15) is 17.5 Å². The van der Waals surface area contributed by atoms with E-state index < -0.39 is 30.2 Å². The third-order valence-electron chi connectivity index (χ3n) is 4.24. The van der Waals surface area contributed by atoms with Gasteiger partial charge in [-0.1, -0.05) is 0 Å². The molecule has 2 aliphatic rings. The van der Waals surface area contributed by atoms with E-state index in [1.165, 1.54) is 4.90 Å². The number of fused-ring (bicyclic) bond motifs is 3. The highest BCUT2D eigenvalue weighted by Gasteiger charge is 2.44. The maximum absolute atomic E-state index is 14.5. The van der Waals surface area contributed by atoms with Gasteiger partial charge in [0.15, 0.2) is 0 Å². The van der Waals surface area contributed by atoms with Crippen LogP contribution < -0.4 is 0 Å². The molecule has 0 fully saturated rings. The second-order valence-electron chi connectivity index (χ2n) is 7.45. The van der Waals surface area contributed by atoms with Gasteiger partial charge in [-0.2, -0.15) is 13.9 Å². The van der Waals surface area contributed by atoms with Crippen molar-refractivity contribution in [1.29, 1.82) is 0 Å². The minimum atomic E-state index is -3.14. The van der Waals surface area contributed by atoms with Crippen LogP contribution in [0.1, 0.15) is 50.6 Å². The van der Waals surface area contributed by atoms with E-state index in [0.29, 0.717) is 24.2 Å². The maximum atomic E-state index is 14.5. The first-order valence-corrected chi connectivity index (χ1v) is 8.16. The van der Waals surface area contributed by atoms with Crippen LogP contribution in [-0.4, -0.2) is 39.1 Å². The van der Waals surface area contributed by atoms with Crippen molar-refractivity contribution < 1.29 is 22.7 Å². The van der Waals surface area contributed by atoms with Crippen LogP contribution in [0.25, 0.3) is 0 Å². The molecular formula is C16H22F3N3O2. The Kier molecular flexibility index (Phi) is 4.04. The van der Waals surface area contributed by atoms with Gasteiger partial charge in [-0.05, 0) is 27.2 Å². The van der Waals surface area contributed by atoms with E-state index in [9.17, 15) is 18.0 Å². The molecule has 3 rings (SSSR count). The molecule has 0 saturated heterocycles. The van der Waals surface area contributed by atoms with Gasteiger partial charge in [-0.3, -0.25) is 4.68 Å². The van der Waals surface area contributed by atoms with Gasteiger partial charge in [-0.15, -0.1) is 0 Å². The summed E-state index contributed by atoms with van der Waals surface area (Å²) >= 11 is 0. The highest BCUT2D eigenvalue weighted by atomic mass is 19.3. The number of carbonyl (C=O) groups excluding carboxylic acids is 1. The Morgan fingerprint density at radius 3 is 2.75 bits per heavy atom. The molecule has 0 unspecified atom stereocenters. The average Bonchev–Trinajstić information content (AvgIpc) is 2.75. The molecule has 5 nitrogen and oxygen atoms in total. The lowest BCUT2D eigenvalue weighted by Crippen LogP contribution is -2.40. The van der Waals surface area contributed by atoms with Gasteiger partial charge >= 0.3 is 6.09 Å². The molecule has 1 atom stereocenters. The fourth-order valence-corrected chi connectivity index (χ4v) is 3.19. The number of aromatic nitrogens is 2. The summed E-state index contributed by atoms with van der Waals surface area (Å²) in [5.74, 6) is -3.14. The second kappa shape index (κ2) is 5.67. The minimum absolute atomic E-state index is 0.0200. The van der Waals surface area contributed by atoms with E-state index in [1.54, 1.807) is 20.8 Å². The molecule has 0 bridgehead atoms. The summed E-state index contributed by atoms with van der Waals surface area (Å²) in [6, 6.07) is 0. The van der Waals surface area contributed by atoms with Crippen molar-refractivity contribution in [3.63, 3.8) is 0 Å². The van der Waals surface area contributed by atoms with E-state index >= 15 is 0 Å². The topological polar surface area (TPSA) is 47.4 Å². The van der Waals surface area contributed by atoms with Crippen LogP contribution in [0.3, 0.4) is 0 Å². The fraction of sp³-hybridized carbons (Fsp3) is 0.750. The summed E-state index contributed by atoms with van der Waals surface area (Å²) in [4.78, 5) is 13.6. The smallest absolute Gasteiger partial charge is 0.410 e. The largest absolute Gasteiger partial charge is 0.444 e. The van der Waals surface area contributed by atoms with Crippen molar-refractivity contribution in [2.75, 3.05) is 6.54 Å². The van der Waals surface area contributed by atoms with Crippen molar-refractivity contribution in [1.82, 2.24) is 14.7 Å². The maximum Gasteiger partial charge on any atom is 0.410 e. The van der Waals surface area contributed by atoms with Gasteiger partial charge in [0.25, 0.3) is 5.92 Å². The Bertz CT molecular complexity index is 652. The predicted octanol–water partition coefficient (Wildman–Crippen LogP) is 3.40. The third kappa shape index (κ3) is 3.23. The van der Waals surface area contributed by atoms with E-state index in [1.807, 2.05) is 0 Å². The molecule has 0 N–H and O–H groups in total. The Morgan fingerprint density at radius 1 is 1.38 bits per heavy atom. The highest BCUT2D eigenvalue weighted by molar-refractivity contribution is 5.68. The number of ether oxygens (including phenoxy) is 1. The van der Waals surface area contributed by atoms with Crippen molar-refractivity contribution in [3.05, 3.63) is 17.0 Å². The van der Waals surface area contributed by atoms with Crippen molar-refractivity contribution in [3.8, 4) is 0 Å². The van der Waals surface area contributed by atoms with Crippen LogP contribution in [0.15, 0.2) is 0 Å². The van der Waals surface area contributed by atoms with Crippen LogP contribution in [0.2, 0.25) is 0 Å². The fourth-order valence-electron chi connectivity index (χ4n) is 3.19. The van der Waals surface area contributed by atoms with Gasteiger partial charge in [-0.25, -0.2) is 9.18 Å². The number of hydrogen-bond donors (Lipinski definition) is 0. The molecule has 0 radical (unpaired) electrons. The van der Waals surface area contributed by atoms with Gasteiger partial charge < -0.3 is 9.64 Å². The summed E-state index contributed by atoms with van der Waals surface area (Å²) in [6.45, 7) is 5.46. The Morgan fingerprint density at radius 2 is 2.08 bits per heavy atom. The molecule has 1 aromatic rings. The number of halogens is 3. The monoisotopic (exact) mass is 345 g/mol. The SMILES string of the molecule is CC(C)(C)OC(=O)N1CCc2nn3c(c2C1)C(F)(F)CC[C@H](F)C3. The van der Waals surface area contributed by atoms with Gasteiger partial charge in [0, 0.05) is 24.9 Å². The molecule has 1 aromatic heterocycles. The zero-order chi connectivity index (χ0) is 17.7. The summed E-state index contributed by atoms with van der Waals surface area (Å²) in [5, 5.41) is 4.18. The number of alkyl halides is 3. The summed E-state index contributed by atoms with van der Waals surface area (Å²) in [5.41, 5.74) is -0.0331. The quantitative estimate of drug-likeness (QED) is 0.724. The standard InChI is InChI=1S/C16H22F3N3O2/c1-15(2,3)24-14(23)21-7-5-12-11(9-21)13-16(18,19)6-4-10(17)8-22(13)20-12/h10H,4-9H2,1-3H3/t10-/m0/s1. The molecule has 3 heterocycles. The van der Waals surface area contributed by atoms with Crippen LogP contribution >= 0.6 is 0 Å². The minimum Gasteiger partial charge on any atom is -0.444 e. The van der Waals surface area contributed by atoms with Crippen LogP contribution in [-0.2, 0) is 30.2 Å². The number of carbonyl (C=O) groups is 1. The Labute approximate surface area is 138 Å². The van der Waals surface area contributed by atoms with E-state index in [2.05, 4.69) is 5.10 Å². The number of amides is 1. The van der Waals surface area contributed by atoms with Crippen LogP contribution in [0.4, 0.5) is 18.0 Å². The Balaban J connectivity index is 1.90. The van der Waals surface area contributed by atoms with E-state index in [0.717, 1.165) is 4.68 Å². The molecule has 0 aromatic carbocycles. The van der Waals surface area contributed by atoms with Crippen molar-refractivity contribution >= 4 is 6.09 Å². The van der Waals surface area contributed by atoms with Gasteiger partial charge in [0.2, 0.25) is 0 Å². The molecule has 8 heteroatoms. The third-order valence-corrected chi connectivity index (χ3v) is 4.24. The lowest BCUT2D eigenvalue weighted by molar-refractivity contribution is -0.0231. The van der Waals surface area contributed by atoms with Crippen molar-refractivity contribution in [2.45, 2.75) is 70.8 Å². The number of hydrogen-bond acceptors (Lipinski definition) is 3. The molecule has 2 aliphatic heterocycles. The zero-order valence-corrected chi connectivity index (χ0v) is 14.1. The lowest BCUT2D eigenvalue weighted by atomic mass is 10.00. The summed E-state index contributed by atoms with van der Waals surface area (Å²) in [7, 11) is 0. The summed E-state index contributed by atoms with van der Waals surface area (Å²) < 4.78 is 49.1. The first kappa shape index (κ1) is 17.1. The molecule has 0 saturated carbocycles. The first-order chi connectivity index (χ1) is 11.1. The highest BCUT2D eigenvalue weighted by Crippen LogP contribution is 2.41. The first-order valence-electron chi connectivity index (χ1n) is 8.16. The lowest BCUT2D eigenvalue weighted by Gasteiger charge is -2.30. The molecule has 0 aliphatic carbocycles. The van der Waals surface area contributed by atoms with Crippen LogP contribution in [0.5, 0.6) is 0 Å².